The van der Waals surface area contributed by atoms with Crippen LogP contribution in [0, 0.1) is 5.92 Å². The van der Waals surface area contributed by atoms with Crippen molar-refractivity contribution in [3.8, 4) is 0 Å². The monoisotopic (exact) mass is 277 g/mol. The van der Waals surface area contributed by atoms with Gasteiger partial charge in [0.25, 0.3) is 0 Å². The van der Waals surface area contributed by atoms with Crippen LogP contribution in [0.3, 0.4) is 0 Å². The Hall–Kier alpha value is -0.760. The van der Waals surface area contributed by atoms with Crippen LogP contribution < -0.4 is 0 Å². The molecule has 1 aromatic carbocycles. The minimum Gasteiger partial charge on any atom is -0.361 e. The number of nitrogens with one attached hydrogen (secondary N) is 1. The molecule has 2 heteroatoms. The highest BCUT2D eigenvalue weighted by Crippen LogP contribution is 2.42. The molecule has 1 saturated carbocycles. The molecule has 1 heterocycles. The molecule has 84 valence electrons. The molecular weight excluding hydrogens is 262 g/mol. The third kappa shape index (κ3) is 1.60. The summed E-state index contributed by atoms with van der Waals surface area (Å²) in [6.45, 7) is 2.38. The van der Waals surface area contributed by atoms with Crippen molar-refractivity contribution in [1.29, 1.82) is 0 Å². The van der Waals surface area contributed by atoms with E-state index >= 15 is 0 Å². The first kappa shape index (κ1) is 10.4. The lowest BCUT2D eigenvalue weighted by Gasteiger charge is -2.14. The number of hydrogen-bond donors (Lipinski definition) is 1. The van der Waals surface area contributed by atoms with Crippen molar-refractivity contribution in [2.75, 3.05) is 0 Å². The second-order valence-corrected chi connectivity index (χ2v) is 5.86. The van der Waals surface area contributed by atoms with Crippen molar-refractivity contribution >= 4 is 26.8 Å². The van der Waals surface area contributed by atoms with E-state index in [2.05, 4.69) is 52.2 Å². The van der Waals surface area contributed by atoms with Crippen molar-refractivity contribution in [2.45, 2.75) is 32.1 Å². The zero-order chi connectivity index (χ0) is 11.1. The summed E-state index contributed by atoms with van der Waals surface area (Å²) in [4.78, 5) is 3.39. The second-order valence-electron chi connectivity index (χ2n) is 4.95. The van der Waals surface area contributed by atoms with E-state index in [0.717, 1.165) is 11.8 Å². The summed E-state index contributed by atoms with van der Waals surface area (Å²) in [6, 6.07) is 6.50. The van der Waals surface area contributed by atoms with Crippen LogP contribution in [0.2, 0.25) is 0 Å². The van der Waals surface area contributed by atoms with E-state index < -0.39 is 0 Å². The quantitative estimate of drug-likeness (QED) is 0.768. The molecule has 1 nitrogen and oxygen atoms in total. The molecule has 2 unspecified atom stereocenters. The largest absolute Gasteiger partial charge is 0.361 e. The Labute approximate surface area is 104 Å². The molecule has 2 aromatic rings. The smallest absolute Gasteiger partial charge is 0.0457 e. The maximum Gasteiger partial charge on any atom is 0.0457 e. The molecule has 0 saturated heterocycles. The fraction of sp³-hybridized carbons (Fsp3) is 0.429. The molecule has 2 atom stereocenters. The molecule has 16 heavy (non-hydrogen) atoms. The Kier molecular flexibility index (Phi) is 2.55. The molecule has 1 aliphatic rings. The van der Waals surface area contributed by atoms with Gasteiger partial charge in [0.2, 0.25) is 0 Å². The van der Waals surface area contributed by atoms with Gasteiger partial charge in [-0.3, -0.25) is 0 Å². The lowest BCUT2D eigenvalue weighted by atomic mass is 9.90. The predicted molar refractivity (Wildman–Crippen MR) is 71.8 cm³/mol. The van der Waals surface area contributed by atoms with Crippen LogP contribution in [0.1, 0.15) is 37.7 Å². The number of halogens is 1. The Bertz CT molecular complexity index is 514. The van der Waals surface area contributed by atoms with Gasteiger partial charge >= 0.3 is 0 Å². The molecule has 1 fully saturated rings. The highest BCUT2D eigenvalue weighted by Gasteiger charge is 2.26. The van der Waals surface area contributed by atoms with E-state index in [-0.39, 0.29) is 0 Å². The van der Waals surface area contributed by atoms with E-state index in [4.69, 9.17) is 0 Å². The van der Waals surface area contributed by atoms with E-state index in [1.165, 1.54) is 40.2 Å². The third-order valence-corrected chi connectivity index (χ3v) is 4.43. The number of fused-ring (bicyclic) bond motifs is 1. The maximum atomic E-state index is 3.56. The summed E-state index contributed by atoms with van der Waals surface area (Å²) in [6.07, 6.45) is 6.32. The van der Waals surface area contributed by atoms with Crippen molar-refractivity contribution in [2.24, 2.45) is 5.92 Å². The zero-order valence-electron chi connectivity index (χ0n) is 9.46. The van der Waals surface area contributed by atoms with Gasteiger partial charge in [-0.05, 0) is 42.0 Å². The van der Waals surface area contributed by atoms with Gasteiger partial charge < -0.3 is 4.98 Å². The lowest BCUT2D eigenvalue weighted by Crippen LogP contribution is -2.00. The van der Waals surface area contributed by atoms with E-state index in [1.807, 2.05) is 0 Å². The number of hydrogen-bond acceptors (Lipinski definition) is 0. The number of rotatable bonds is 1. The summed E-state index contributed by atoms with van der Waals surface area (Å²) in [7, 11) is 0. The molecular formula is C14H16BrN. The van der Waals surface area contributed by atoms with E-state index in [0.29, 0.717) is 0 Å². The van der Waals surface area contributed by atoms with Crippen LogP contribution in [0.15, 0.2) is 28.9 Å². The van der Waals surface area contributed by atoms with Crippen LogP contribution in [-0.4, -0.2) is 4.98 Å². The molecule has 1 aromatic heterocycles. The summed E-state index contributed by atoms with van der Waals surface area (Å²) in [5.41, 5.74) is 2.78. The van der Waals surface area contributed by atoms with Crippen LogP contribution >= 0.6 is 15.9 Å². The van der Waals surface area contributed by atoms with Crippen LogP contribution in [0.5, 0.6) is 0 Å². The van der Waals surface area contributed by atoms with Crippen molar-refractivity contribution < 1.29 is 0 Å². The molecule has 3 rings (SSSR count). The first-order valence-electron chi connectivity index (χ1n) is 6.02. The molecule has 1 N–H and O–H groups in total. The van der Waals surface area contributed by atoms with Gasteiger partial charge in [0.05, 0.1) is 0 Å². The topological polar surface area (TPSA) is 15.8 Å². The second kappa shape index (κ2) is 3.92. The zero-order valence-corrected chi connectivity index (χ0v) is 11.0. The van der Waals surface area contributed by atoms with Gasteiger partial charge in [-0.15, -0.1) is 0 Å². The number of aromatic amines is 1. The van der Waals surface area contributed by atoms with Gasteiger partial charge in [-0.2, -0.15) is 0 Å². The van der Waals surface area contributed by atoms with Crippen molar-refractivity contribution in [1.82, 2.24) is 4.98 Å². The molecule has 0 bridgehead atoms. The van der Waals surface area contributed by atoms with Crippen molar-refractivity contribution in [3.05, 3.63) is 34.4 Å². The SMILES string of the molecule is CC1CCCC1c1c[nH]c2ccc(Br)cc12. The Morgan fingerprint density at radius 1 is 1.31 bits per heavy atom. The number of H-pyrrole nitrogens is 1. The molecule has 0 aliphatic heterocycles. The Morgan fingerprint density at radius 3 is 2.94 bits per heavy atom. The molecule has 0 radical (unpaired) electrons. The first-order chi connectivity index (χ1) is 7.75. The lowest BCUT2D eigenvalue weighted by molar-refractivity contribution is 0.536. The summed E-state index contributed by atoms with van der Waals surface area (Å²) in [5.74, 6) is 1.58. The normalized spacial score (nSPS) is 25.4. The third-order valence-electron chi connectivity index (χ3n) is 3.94. The standard InChI is InChI=1S/C14H16BrN/c1-9-3-2-4-11(9)13-8-16-14-6-5-10(15)7-12(13)14/h5-9,11,16H,2-4H2,1H3. The maximum absolute atomic E-state index is 3.56. The Morgan fingerprint density at radius 2 is 2.19 bits per heavy atom. The van der Waals surface area contributed by atoms with Crippen molar-refractivity contribution in [3.63, 3.8) is 0 Å². The predicted octanol–water partition coefficient (Wildman–Crippen LogP) is 4.83. The number of aromatic nitrogens is 1. The van der Waals surface area contributed by atoms with Crippen LogP contribution in [-0.2, 0) is 0 Å². The highest BCUT2D eigenvalue weighted by molar-refractivity contribution is 9.10. The van der Waals surface area contributed by atoms with E-state index in [9.17, 15) is 0 Å². The van der Waals surface area contributed by atoms with Crippen LogP contribution in [0.4, 0.5) is 0 Å². The number of benzene rings is 1. The average molecular weight is 278 g/mol. The average Bonchev–Trinajstić information content (AvgIpc) is 2.83. The van der Waals surface area contributed by atoms with E-state index in [1.54, 1.807) is 0 Å². The van der Waals surface area contributed by atoms with Gasteiger partial charge in [-0.25, -0.2) is 0 Å². The fourth-order valence-electron chi connectivity index (χ4n) is 3.03. The highest BCUT2D eigenvalue weighted by atomic mass is 79.9. The minimum absolute atomic E-state index is 0.753. The van der Waals surface area contributed by atoms with Gasteiger partial charge in [0.1, 0.15) is 0 Å². The summed E-state index contributed by atoms with van der Waals surface area (Å²) < 4.78 is 1.17. The van der Waals surface area contributed by atoms with Crippen LogP contribution in [0.25, 0.3) is 10.9 Å². The Balaban J connectivity index is 2.12. The van der Waals surface area contributed by atoms with Gasteiger partial charge in [-0.1, -0.05) is 35.7 Å². The minimum atomic E-state index is 0.753. The summed E-state index contributed by atoms with van der Waals surface area (Å²) >= 11 is 3.56. The molecule has 1 aliphatic carbocycles. The first-order valence-corrected chi connectivity index (χ1v) is 6.81. The molecule has 0 spiro atoms. The summed E-state index contributed by atoms with van der Waals surface area (Å²) in [5, 5.41) is 1.40. The fourth-order valence-corrected chi connectivity index (χ4v) is 3.39. The van der Waals surface area contributed by atoms with Gasteiger partial charge in [0, 0.05) is 21.6 Å². The molecule has 0 amide bonds. The van der Waals surface area contributed by atoms with Gasteiger partial charge in [0.15, 0.2) is 0 Å².